The minimum atomic E-state index is -1.05. The monoisotopic (exact) mass is 550 g/mol. The second kappa shape index (κ2) is 13.6. The molecule has 1 heterocycles. The molecule has 0 saturated carbocycles. The lowest BCUT2D eigenvalue weighted by Gasteiger charge is -2.35. The molecule has 0 saturated heterocycles. The van der Waals surface area contributed by atoms with Crippen molar-refractivity contribution in [2.45, 2.75) is 65.5 Å². The van der Waals surface area contributed by atoms with Gasteiger partial charge in [-0.25, -0.2) is 0 Å². The molecule has 0 unspecified atom stereocenters. The Hall–Kier alpha value is -4.34. The van der Waals surface area contributed by atoms with E-state index in [1.807, 2.05) is 27.7 Å². The van der Waals surface area contributed by atoms with E-state index in [9.17, 15) is 14.4 Å². The first kappa shape index (κ1) is 30.2. The molecule has 3 amide bonds. The fourth-order valence-electron chi connectivity index (χ4n) is 4.02. The van der Waals surface area contributed by atoms with Crippen molar-refractivity contribution in [3.8, 4) is 11.5 Å². The van der Waals surface area contributed by atoms with Crippen LogP contribution >= 0.6 is 0 Å². The predicted molar refractivity (Wildman–Crippen MR) is 152 cm³/mol. The minimum Gasteiger partial charge on any atom is -0.497 e. The summed E-state index contributed by atoms with van der Waals surface area (Å²) < 4.78 is 16.2. The van der Waals surface area contributed by atoms with Crippen molar-refractivity contribution in [2.24, 2.45) is 0 Å². The zero-order valence-corrected chi connectivity index (χ0v) is 23.9. The lowest BCUT2D eigenvalue weighted by Crippen LogP contribution is -2.50. The van der Waals surface area contributed by atoms with Gasteiger partial charge in [-0.3, -0.25) is 19.3 Å². The number of aromatic nitrogens is 1. The molecule has 0 radical (unpaired) electrons. The van der Waals surface area contributed by atoms with E-state index in [4.69, 9.17) is 14.0 Å². The van der Waals surface area contributed by atoms with E-state index in [-0.39, 0.29) is 24.6 Å². The van der Waals surface area contributed by atoms with Crippen molar-refractivity contribution in [1.82, 2.24) is 10.5 Å². The number of benzene rings is 2. The normalized spacial score (nSPS) is 11.8. The third-order valence-corrected chi connectivity index (χ3v) is 6.44. The lowest BCUT2D eigenvalue weighted by molar-refractivity contribution is -0.128. The van der Waals surface area contributed by atoms with Gasteiger partial charge < -0.3 is 24.6 Å². The Morgan fingerprint density at radius 3 is 2.35 bits per heavy atom. The number of amides is 3. The average molecular weight is 551 g/mol. The molecular formula is C30H38N4O6. The van der Waals surface area contributed by atoms with Crippen molar-refractivity contribution >= 4 is 29.2 Å². The molecule has 0 bridgehead atoms. The maximum absolute atomic E-state index is 14.0. The summed E-state index contributed by atoms with van der Waals surface area (Å²) in [4.78, 5) is 42.0. The minimum absolute atomic E-state index is 0.130. The molecule has 214 valence electrons. The second-order valence-electron chi connectivity index (χ2n) is 9.94. The predicted octanol–water partition coefficient (Wildman–Crippen LogP) is 5.19. The van der Waals surface area contributed by atoms with Crippen LogP contribution in [-0.4, -0.2) is 42.1 Å². The molecule has 40 heavy (non-hydrogen) atoms. The van der Waals surface area contributed by atoms with E-state index in [1.54, 1.807) is 68.6 Å². The molecule has 3 rings (SSSR count). The molecule has 0 fully saturated rings. The van der Waals surface area contributed by atoms with Crippen molar-refractivity contribution in [3.05, 3.63) is 65.9 Å². The van der Waals surface area contributed by atoms with Gasteiger partial charge in [-0.1, -0.05) is 36.3 Å². The van der Waals surface area contributed by atoms with Crippen molar-refractivity contribution in [3.63, 3.8) is 0 Å². The van der Waals surface area contributed by atoms with E-state index in [0.29, 0.717) is 41.5 Å². The van der Waals surface area contributed by atoms with Gasteiger partial charge in [-0.15, -0.1) is 0 Å². The summed E-state index contributed by atoms with van der Waals surface area (Å²) in [5.41, 5.74) is 0.477. The van der Waals surface area contributed by atoms with Gasteiger partial charge in [0.15, 0.2) is 5.82 Å². The molecule has 0 spiro atoms. The van der Waals surface area contributed by atoms with Crippen molar-refractivity contribution in [1.29, 1.82) is 0 Å². The number of carbonyl (C=O) groups excluding carboxylic acids is 3. The SMILES string of the molecule is CCOc1ccccc1N(C(=O)CCC(=O)Nc1cc(C)on1)[C@@H](C(=O)NC(C)(C)CC)c1ccc(OC)cc1. The molecule has 1 atom stereocenters. The Kier molecular flexibility index (Phi) is 10.3. The van der Waals surface area contributed by atoms with Crippen LogP contribution in [0.4, 0.5) is 11.5 Å². The third-order valence-electron chi connectivity index (χ3n) is 6.44. The smallest absolute Gasteiger partial charge is 0.248 e. The molecule has 2 aromatic carbocycles. The number of ether oxygens (including phenoxy) is 2. The van der Waals surface area contributed by atoms with Crippen LogP contribution in [0.2, 0.25) is 0 Å². The second-order valence-corrected chi connectivity index (χ2v) is 9.94. The number of nitrogens with one attached hydrogen (secondary N) is 2. The highest BCUT2D eigenvalue weighted by atomic mass is 16.5. The number of carbonyl (C=O) groups is 3. The molecule has 2 N–H and O–H groups in total. The Labute approximate surface area is 235 Å². The van der Waals surface area contributed by atoms with Crippen LogP contribution in [0.15, 0.2) is 59.1 Å². The molecule has 10 nitrogen and oxygen atoms in total. The maximum atomic E-state index is 14.0. The summed E-state index contributed by atoms with van der Waals surface area (Å²) in [6, 6.07) is 14.6. The van der Waals surface area contributed by atoms with Crippen LogP contribution in [0.3, 0.4) is 0 Å². The van der Waals surface area contributed by atoms with Crippen LogP contribution in [0.5, 0.6) is 11.5 Å². The van der Waals surface area contributed by atoms with E-state index in [2.05, 4.69) is 15.8 Å². The van der Waals surface area contributed by atoms with Crippen LogP contribution < -0.4 is 25.0 Å². The number of hydrogen-bond donors (Lipinski definition) is 2. The number of aryl methyl sites for hydroxylation is 1. The summed E-state index contributed by atoms with van der Waals surface area (Å²) in [6.45, 7) is 9.74. The Morgan fingerprint density at radius 2 is 1.75 bits per heavy atom. The zero-order valence-electron chi connectivity index (χ0n) is 23.9. The van der Waals surface area contributed by atoms with E-state index in [1.165, 1.54) is 4.90 Å². The number of rotatable bonds is 13. The van der Waals surface area contributed by atoms with Gasteiger partial charge >= 0.3 is 0 Å². The fourth-order valence-corrected chi connectivity index (χ4v) is 4.02. The summed E-state index contributed by atoms with van der Waals surface area (Å²) in [7, 11) is 1.56. The molecule has 3 aromatic rings. The number of methoxy groups -OCH3 is 1. The van der Waals surface area contributed by atoms with Crippen LogP contribution in [0.25, 0.3) is 0 Å². The largest absolute Gasteiger partial charge is 0.497 e. The first-order valence-electron chi connectivity index (χ1n) is 13.3. The van der Waals surface area contributed by atoms with Gasteiger partial charge in [-0.05, 0) is 63.9 Å². The number of nitrogens with zero attached hydrogens (tertiary/aromatic N) is 2. The summed E-state index contributed by atoms with van der Waals surface area (Å²) in [5, 5.41) is 9.48. The van der Waals surface area contributed by atoms with E-state index >= 15 is 0 Å². The van der Waals surface area contributed by atoms with Gasteiger partial charge in [0.05, 0.1) is 19.4 Å². The molecule has 0 aliphatic carbocycles. The number of para-hydroxylation sites is 2. The maximum Gasteiger partial charge on any atom is 0.248 e. The summed E-state index contributed by atoms with van der Waals surface area (Å²) in [5.74, 6) is 0.686. The van der Waals surface area contributed by atoms with E-state index < -0.39 is 23.4 Å². The van der Waals surface area contributed by atoms with Crippen LogP contribution in [0.1, 0.15) is 64.3 Å². The van der Waals surface area contributed by atoms with Gasteiger partial charge in [0.2, 0.25) is 17.7 Å². The highest BCUT2D eigenvalue weighted by Gasteiger charge is 2.36. The average Bonchev–Trinajstić information content (AvgIpc) is 3.35. The molecule has 1 aromatic heterocycles. The number of anilines is 2. The van der Waals surface area contributed by atoms with Gasteiger partial charge in [0.25, 0.3) is 0 Å². The molecule has 0 aliphatic heterocycles. The Balaban J connectivity index is 2.03. The highest BCUT2D eigenvalue weighted by molar-refractivity contribution is 6.04. The standard InChI is InChI=1S/C30H38N4O6/c1-7-30(4,5)32-29(37)28(21-13-15-22(38-6)16-14-21)34(23-11-9-10-12-24(23)39-8-2)27(36)18-17-26(35)31-25-19-20(3)40-33-25/h9-16,19,28H,7-8,17-18H2,1-6H3,(H,32,37)(H,31,33,35)/t28-/m1/s1. The Morgan fingerprint density at radius 1 is 1.05 bits per heavy atom. The topological polar surface area (TPSA) is 123 Å². The van der Waals surface area contributed by atoms with Crippen molar-refractivity contribution in [2.75, 3.05) is 23.9 Å². The zero-order chi connectivity index (χ0) is 29.3. The van der Waals surface area contributed by atoms with Crippen LogP contribution in [0, 0.1) is 6.92 Å². The van der Waals surface area contributed by atoms with E-state index in [0.717, 1.165) is 0 Å². The molecule has 0 aliphatic rings. The Bertz CT molecular complexity index is 1300. The first-order chi connectivity index (χ1) is 19.1. The van der Waals surface area contributed by atoms with Crippen LogP contribution in [-0.2, 0) is 14.4 Å². The fraction of sp³-hybridized carbons (Fsp3) is 0.400. The summed E-state index contributed by atoms with van der Waals surface area (Å²) >= 11 is 0. The third kappa shape index (κ3) is 7.84. The summed E-state index contributed by atoms with van der Waals surface area (Å²) in [6.07, 6.45) is 0.384. The lowest BCUT2D eigenvalue weighted by atomic mass is 9.97. The van der Waals surface area contributed by atoms with Gasteiger partial charge in [0, 0.05) is 24.4 Å². The highest BCUT2D eigenvalue weighted by Crippen LogP contribution is 2.36. The van der Waals surface area contributed by atoms with Crippen molar-refractivity contribution < 1.29 is 28.4 Å². The quantitative estimate of drug-likeness (QED) is 0.300. The molecular weight excluding hydrogens is 512 g/mol. The van der Waals surface area contributed by atoms with Gasteiger partial charge in [-0.2, -0.15) is 0 Å². The van der Waals surface area contributed by atoms with Gasteiger partial charge in [0.1, 0.15) is 23.3 Å². The first-order valence-corrected chi connectivity index (χ1v) is 13.3. The number of hydrogen-bond acceptors (Lipinski definition) is 7. The molecule has 10 heteroatoms.